The van der Waals surface area contributed by atoms with E-state index in [0.717, 1.165) is 38.5 Å². The van der Waals surface area contributed by atoms with Crippen molar-refractivity contribution in [3.63, 3.8) is 0 Å². The number of hydrogen-bond acceptors (Lipinski definition) is 7. The van der Waals surface area contributed by atoms with Crippen LogP contribution in [0.2, 0.25) is 0 Å². The SMILES string of the molecule is CCCCCCCCCCCCCC(=O)/N=C1C=N/C(=C2\C(=O)C(c3ncc(NC(=O)CCCCCCCCCCCCC)nc3C)=C2O)C(C)=N/1. The number of amidine groups is 1. The number of nitrogens with zero attached hydrogens (tertiary/aromatic N) is 5. The number of carbonyl (C=O) groups excluding carboxylic acids is 3. The predicted molar refractivity (Wildman–Crippen MR) is 213 cm³/mol. The topological polar surface area (TPSA) is 146 Å². The van der Waals surface area contributed by atoms with Gasteiger partial charge in [-0.25, -0.2) is 9.98 Å². The minimum atomic E-state index is -0.419. The number of allylic oxidation sites excluding steroid dienone is 3. The number of aliphatic hydroxyl groups excluding tert-OH is 1. The number of Topliss-reactive ketones (excluding diaryl/α,β-unsaturated/α-hetero) is 1. The van der Waals surface area contributed by atoms with Crippen molar-refractivity contribution in [1.29, 1.82) is 0 Å². The number of unbranched alkanes of at least 4 members (excludes halogenated alkanes) is 20. The molecule has 52 heavy (non-hydrogen) atoms. The van der Waals surface area contributed by atoms with E-state index in [-0.39, 0.29) is 45.9 Å². The first-order valence-electron chi connectivity index (χ1n) is 20.3. The molecule has 2 N–H and O–H groups in total. The molecule has 2 amide bonds. The van der Waals surface area contributed by atoms with Gasteiger partial charge in [0.25, 0.3) is 0 Å². The fourth-order valence-electron chi connectivity index (χ4n) is 6.68. The van der Waals surface area contributed by atoms with E-state index in [4.69, 9.17) is 0 Å². The van der Waals surface area contributed by atoms with E-state index < -0.39 is 5.78 Å². The Kier molecular flexibility index (Phi) is 20.0. The lowest BCUT2D eigenvalue weighted by Gasteiger charge is -2.24. The fourth-order valence-corrected chi connectivity index (χ4v) is 6.68. The summed E-state index contributed by atoms with van der Waals surface area (Å²) in [5.74, 6) is -0.506. The summed E-state index contributed by atoms with van der Waals surface area (Å²) < 4.78 is 0. The zero-order chi connectivity index (χ0) is 37.6. The third kappa shape index (κ3) is 14.7. The van der Waals surface area contributed by atoms with E-state index in [0.29, 0.717) is 30.1 Å². The summed E-state index contributed by atoms with van der Waals surface area (Å²) in [6.45, 7) is 7.83. The van der Waals surface area contributed by atoms with E-state index in [1.807, 2.05) is 0 Å². The van der Waals surface area contributed by atoms with Gasteiger partial charge in [0.1, 0.15) is 5.76 Å². The highest BCUT2D eigenvalue weighted by molar-refractivity contribution is 6.42. The first-order chi connectivity index (χ1) is 25.3. The van der Waals surface area contributed by atoms with Crippen molar-refractivity contribution in [2.24, 2.45) is 15.0 Å². The molecule has 1 aliphatic heterocycles. The summed E-state index contributed by atoms with van der Waals surface area (Å²) in [5, 5.41) is 13.7. The summed E-state index contributed by atoms with van der Waals surface area (Å²) in [4.78, 5) is 59.8. The first-order valence-corrected chi connectivity index (χ1v) is 20.3. The molecule has 1 aromatic rings. The largest absolute Gasteiger partial charge is 0.506 e. The lowest BCUT2D eigenvalue weighted by atomic mass is 9.83. The van der Waals surface area contributed by atoms with Crippen LogP contribution in [0, 0.1) is 6.92 Å². The smallest absolute Gasteiger partial charge is 0.247 e. The van der Waals surface area contributed by atoms with Crippen LogP contribution in [-0.2, 0) is 14.4 Å². The summed E-state index contributed by atoms with van der Waals surface area (Å²) in [6.07, 6.45) is 30.3. The van der Waals surface area contributed by atoms with Gasteiger partial charge < -0.3 is 10.4 Å². The number of hydrogen-bond donors (Lipinski definition) is 2. The molecule has 0 bridgehead atoms. The van der Waals surface area contributed by atoms with Gasteiger partial charge in [0, 0.05) is 12.8 Å². The minimum Gasteiger partial charge on any atom is -0.506 e. The molecule has 0 aromatic carbocycles. The second kappa shape index (κ2) is 24.4. The Bertz CT molecular complexity index is 1490. The van der Waals surface area contributed by atoms with Crippen molar-refractivity contribution < 1.29 is 19.5 Å². The summed E-state index contributed by atoms with van der Waals surface area (Å²) >= 11 is 0. The lowest BCUT2D eigenvalue weighted by molar-refractivity contribution is -0.118. The molecule has 0 spiro atoms. The highest BCUT2D eigenvalue weighted by Crippen LogP contribution is 2.39. The molecular weight excluding hydrogens is 652 g/mol. The zero-order valence-electron chi connectivity index (χ0n) is 32.5. The van der Waals surface area contributed by atoms with Gasteiger partial charge >= 0.3 is 0 Å². The molecule has 0 saturated carbocycles. The van der Waals surface area contributed by atoms with Gasteiger partial charge in [-0.3, -0.25) is 24.4 Å². The Morgan fingerprint density at radius 1 is 0.712 bits per heavy atom. The van der Waals surface area contributed by atoms with Crippen LogP contribution in [-0.4, -0.2) is 50.4 Å². The third-order valence-electron chi connectivity index (χ3n) is 9.79. The van der Waals surface area contributed by atoms with Crippen molar-refractivity contribution in [3.8, 4) is 0 Å². The molecule has 10 heteroatoms. The van der Waals surface area contributed by atoms with Crippen LogP contribution >= 0.6 is 0 Å². The van der Waals surface area contributed by atoms with Crippen molar-refractivity contribution in [1.82, 2.24) is 9.97 Å². The summed E-state index contributed by atoms with van der Waals surface area (Å²) in [7, 11) is 0. The van der Waals surface area contributed by atoms with Gasteiger partial charge in [-0.2, -0.15) is 4.99 Å². The molecule has 0 fully saturated rings. The third-order valence-corrected chi connectivity index (χ3v) is 9.79. The summed E-state index contributed by atoms with van der Waals surface area (Å²) in [6, 6.07) is 0. The maximum atomic E-state index is 13.2. The van der Waals surface area contributed by atoms with Crippen LogP contribution < -0.4 is 5.32 Å². The maximum Gasteiger partial charge on any atom is 0.247 e. The Balaban J connectivity index is 1.41. The number of anilines is 1. The zero-order valence-corrected chi connectivity index (χ0v) is 32.5. The number of aliphatic imine (C=N–C) groups is 3. The van der Waals surface area contributed by atoms with Crippen LogP contribution in [0.3, 0.4) is 0 Å². The number of aromatic nitrogens is 2. The van der Waals surface area contributed by atoms with Crippen LogP contribution in [0.15, 0.2) is 38.2 Å². The Morgan fingerprint density at radius 3 is 1.69 bits per heavy atom. The normalized spacial score (nSPS) is 16.4. The fraction of sp³-hybridized carbons (Fsp3) is 0.667. The van der Waals surface area contributed by atoms with Gasteiger partial charge in [-0.05, 0) is 26.7 Å². The number of amides is 2. The molecule has 1 aliphatic carbocycles. The Labute approximate surface area is 312 Å². The molecule has 0 saturated heterocycles. The monoisotopic (exact) mass is 716 g/mol. The molecule has 3 rings (SSSR count). The molecule has 0 radical (unpaired) electrons. The number of nitrogens with one attached hydrogen (secondary N) is 1. The average Bonchev–Trinajstić information content (AvgIpc) is 3.11. The highest BCUT2D eigenvalue weighted by atomic mass is 16.3. The van der Waals surface area contributed by atoms with Crippen LogP contribution in [0.4, 0.5) is 5.82 Å². The standard InChI is InChI=1S/C42H64N6O4/c1-5-7-9-11-13-15-17-19-21-23-25-27-35(49)47-33-29-43-39(31(3)45-33)37-41(51)38(42(37)52)40-32(4)46-34(30-44-40)48-36(50)28-26-24-22-20-18-16-14-12-10-8-6-2/h29-30,51H,5-28H2,1-4H3,(H,45,47,49)/b40-38-,48-34-. The molecule has 10 nitrogen and oxygen atoms in total. The Morgan fingerprint density at radius 2 is 1.21 bits per heavy atom. The number of aliphatic hydroxyl groups is 1. The number of aryl methyl sites for hydroxylation is 1. The van der Waals surface area contributed by atoms with E-state index in [1.54, 1.807) is 13.8 Å². The van der Waals surface area contributed by atoms with Gasteiger partial charge in [-0.15, -0.1) is 0 Å². The number of rotatable bonds is 26. The lowest BCUT2D eigenvalue weighted by Crippen LogP contribution is -2.27. The second-order valence-electron chi connectivity index (χ2n) is 14.4. The molecule has 286 valence electrons. The number of carbonyl (C=O) groups is 3. The molecule has 2 heterocycles. The van der Waals surface area contributed by atoms with Crippen molar-refractivity contribution in [3.05, 3.63) is 34.6 Å². The van der Waals surface area contributed by atoms with E-state index >= 15 is 0 Å². The highest BCUT2D eigenvalue weighted by Gasteiger charge is 2.40. The molecular formula is C42H64N6O4. The van der Waals surface area contributed by atoms with Gasteiger partial charge in [0.2, 0.25) is 17.6 Å². The van der Waals surface area contributed by atoms with Crippen LogP contribution in [0.25, 0.3) is 5.57 Å². The van der Waals surface area contributed by atoms with Crippen molar-refractivity contribution in [2.75, 3.05) is 5.32 Å². The van der Waals surface area contributed by atoms with Crippen molar-refractivity contribution >= 4 is 46.8 Å². The second-order valence-corrected chi connectivity index (χ2v) is 14.4. The van der Waals surface area contributed by atoms with Gasteiger partial charge in [0.05, 0.1) is 46.4 Å². The maximum absolute atomic E-state index is 13.2. The van der Waals surface area contributed by atoms with Crippen LogP contribution in [0.5, 0.6) is 0 Å². The minimum absolute atomic E-state index is 0.0457. The first kappa shape index (κ1) is 42.6. The quantitative estimate of drug-likeness (QED) is 0.0720. The predicted octanol–water partition coefficient (Wildman–Crippen LogP) is 10.7. The van der Waals surface area contributed by atoms with Gasteiger partial charge in [-0.1, -0.05) is 142 Å². The number of ketones is 1. The van der Waals surface area contributed by atoms with E-state index in [2.05, 4.69) is 44.1 Å². The molecule has 2 aliphatic rings. The average molecular weight is 717 g/mol. The Hall–Kier alpha value is -3.82. The van der Waals surface area contributed by atoms with E-state index in [9.17, 15) is 19.5 Å². The molecule has 0 unspecified atom stereocenters. The van der Waals surface area contributed by atoms with E-state index in [1.165, 1.54) is 115 Å². The van der Waals surface area contributed by atoms with Crippen molar-refractivity contribution in [2.45, 2.75) is 182 Å². The van der Waals surface area contributed by atoms with Crippen LogP contribution in [0.1, 0.15) is 186 Å². The van der Waals surface area contributed by atoms with Gasteiger partial charge in [0.15, 0.2) is 11.7 Å². The summed E-state index contributed by atoms with van der Waals surface area (Å²) in [5.41, 5.74) is 1.38. The molecule has 1 aromatic heterocycles. The molecule has 0 atom stereocenters.